The summed E-state index contributed by atoms with van der Waals surface area (Å²) in [6.45, 7) is 3.77. The maximum absolute atomic E-state index is 14.4. The fourth-order valence-electron chi connectivity index (χ4n) is 7.21. The van der Waals surface area contributed by atoms with Gasteiger partial charge >= 0.3 is 5.97 Å². The number of aromatic nitrogens is 1. The van der Waals surface area contributed by atoms with Crippen LogP contribution in [0.5, 0.6) is 5.75 Å². The smallest absolute Gasteiger partial charge is 0.333 e. The lowest BCUT2D eigenvalue weighted by molar-refractivity contribution is -0.149. The number of allylic oxidation sites excluding steroid dienone is 2. The van der Waals surface area contributed by atoms with Crippen LogP contribution in [0, 0.1) is 11.3 Å². The molecule has 1 aliphatic carbocycles. The Kier molecular flexibility index (Phi) is 13.1. The predicted molar refractivity (Wildman–Crippen MR) is 205 cm³/mol. The van der Waals surface area contributed by atoms with E-state index in [0.29, 0.717) is 34.7 Å². The van der Waals surface area contributed by atoms with Gasteiger partial charge in [-0.25, -0.2) is 4.79 Å². The summed E-state index contributed by atoms with van der Waals surface area (Å²) in [4.78, 5) is 71.2. The van der Waals surface area contributed by atoms with E-state index in [1.165, 1.54) is 42.2 Å². The quantitative estimate of drug-likeness (QED) is 0.204. The van der Waals surface area contributed by atoms with Crippen LogP contribution in [-0.2, 0) is 30.5 Å². The van der Waals surface area contributed by atoms with Crippen LogP contribution < -0.4 is 20.9 Å². The molecule has 1 aliphatic heterocycles. The first kappa shape index (κ1) is 40.6. The average Bonchev–Trinajstić information content (AvgIpc) is 3.18. The van der Waals surface area contributed by atoms with E-state index in [-0.39, 0.29) is 42.0 Å². The third-order valence-electron chi connectivity index (χ3n) is 10.1. The Hall–Kier alpha value is -5.55. The van der Waals surface area contributed by atoms with Gasteiger partial charge in [-0.3, -0.25) is 28.6 Å². The van der Waals surface area contributed by atoms with Gasteiger partial charge in [-0.15, -0.1) is 0 Å². The maximum Gasteiger partial charge on any atom is 0.333 e. The molecule has 2 aromatic carbocycles. The number of amides is 2. The zero-order valence-corrected chi connectivity index (χ0v) is 31.9. The number of ketones is 1. The van der Waals surface area contributed by atoms with Gasteiger partial charge in [0.1, 0.15) is 17.8 Å². The van der Waals surface area contributed by atoms with Crippen LogP contribution in [0.25, 0.3) is 11.1 Å². The second-order valence-electron chi connectivity index (χ2n) is 13.4. The van der Waals surface area contributed by atoms with Gasteiger partial charge in [-0.1, -0.05) is 62.2 Å². The molecule has 0 saturated carbocycles. The summed E-state index contributed by atoms with van der Waals surface area (Å²) in [5.41, 5.74) is -1.62. The lowest BCUT2D eigenvalue weighted by atomic mass is 9.76. The van der Waals surface area contributed by atoms with Crippen molar-refractivity contribution in [2.45, 2.75) is 76.3 Å². The Bertz CT molecular complexity index is 2120. The number of likely N-dealkylation sites (tertiary alicyclic amines) is 1. The van der Waals surface area contributed by atoms with Crippen molar-refractivity contribution in [3.63, 3.8) is 0 Å². The van der Waals surface area contributed by atoms with Crippen molar-refractivity contribution >= 4 is 35.2 Å². The fourth-order valence-corrected chi connectivity index (χ4v) is 7.39. The molecule has 13 nitrogen and oxygen atoms in total. The Morgan fingerprint density at radius 2 is 1.82 bits per heavy atom. The summed E-state index contributed by atoms with van der Waals surface area (Å²) in [7, 11) is 3.20. The molecule has 0 radical (unpaired) electrons. The van der Waals surface area contributed by atoms with Gasteiger partial charge in [0, 0.05) is 28.6 Å². The standard InChI is InChI=1S/C41H44ClN5O8/c1-5-31(47-23-33(54-4)30(21-36(47)49)29-20-27(42)16-15-26(29)22-43)38(50)44-34-18-17-28(40(52)53)37(45-39(51)32-14-10-11-19-46(32)3)41(34,35(48)6-2)55-24-25-12-8-7-9-13-25/h7-9,12-13,15-18,20-21,23,31-32,37H,5-6,10-11,14,19,24H2,1-4H3,(H,44,50)(H,45,51)(H,52,53)/t31?,32-,37+,41?/m1/s1. The molecule has 1 aromatic heterocycles. The molecule has 55 heavy (non-hydrogen) atoms. The maximum atomic E-state index is 14.4. The monoisotopic (exact) mass is 769 g/mol. The summed E-state index contributed by atoms with van der Waals surface area (Å²) >= 11 is 6.23. The van der Waals surface area contributed by atoms with Gasteiger partial charge in [-0.2, -0.15) is 5.26 Å². The van der Waals surface area contributed by atoms with Crippen molar-refractivity contribution in [1.82, 2.24) is 20.1 Å². The van der Waals surface area contributed by atoms with Gasteiger partial charge in [-0.05, 0) is 68.8 Å². The van der Waals surface area contributed by atoms with E-state index in [1.807, 2.05) is 18.0 Å². The molecule has 2 unspecified atom stereocenters. The summed E-state index contributed by atoms with van der Waals surface area (Å²) in [5, 5.41) is 26.2. The number of Topliss-reactive ketones (excluding diaryl/α,β-unsaturated/α-hetero) is 1. The van der Waals surface area contributed by atoms with Crippen molar-refractivity contribution < 1.29 is 33.8 Å². The van der Waals surface area contributed by atoms with Gasteiger partial charge in [0.05, 0.1) is 48.9 Å². The van der Waals surface area contributed by atoms with Crippen molar-refractivity contribution in [3.05, 3.63) is 111 Å². The number of benzene rings is 2. The van der Waals surface area contributed by atoms with Gasteiger partial charge in [0.15, 0.2) is 11.4 Å². The lowest BCUT2D eigenvalue weighted by Crippen LogP contribution is -2.66. The van der Waals surface area contributed by atoms with E-state index in [2.05, 4.69) is 16.7 Å². The molecular formula is C41H44ClN5O8. The number of methoxy groups -OCH3 is 1. The minimum atomic E-state index is -2.20. The van der Waals surface area contributed by atoms with Crippen LogP contribution in [0.15, 0.2) is 89.0 Å². The fraction of sp³-hybridized carbons (Fsp3) is 0.366. The molecule has 2 heterocycles. The number of carboxylic acid groups (broad SMARTS) is 1. The van der Waals surface area contributed by atoms with Gasteiger partial charge in [0.25, 0.3) is 5.56 Å². The summed E-state index contributed by atoms with van der Waals surface area (Å²) in [6, 6.07) is 13.6. The Labute approximate surface area is 324 Å². The highest BCUT2D eigenvalue weighted by molar-refractivity contribution is 6.31. The molecule has 5 rings (SSSR count). The first-order valence-corrected chi connectivity index (χ1v) is 18.5. The van der Waals surface area contributed by atoms with Crippen molar-refractivity contribution in [2.75, 3.05) is 20.7 Å². The number of halogens is 1. The number of aliphatic carboxylic acids is 1. The van der Waals surface area contributed by atoms with E-state index < -0.39 is 52.9 Å². The highest BCUT2D eigenvalue weighted by Gasteiger charge is 2.55. The van der Waals surface area contributed by atoms with Crippen LogP contribution in [-0.4, -0.2) is 76.5 Å². The summed E-state index contributed by atoms with van der Waals surface area (Å²) < 4.78 is 13.3. The lowest BCUT2D eigenvalue weighted by Gasteiger charge is -2.44. The number of piperidine rings is 1. The van der Waals surface area contributed by atoms with Gasteiger partial charge in [0.2, 0.25) is 11.8 Å². The minimum absolute atomic E-state index is 0.0970. The summed E-state index contributed by atoms with van der Waals surface area (Å²) in [5.74, 6) is -2.98. The van der Waals surface area contributed by atoms with Crippen LogP contribution in [0.1, 0.15) is 63.1 Å². The normalized spacial score (nSPS) is 20.3. The highest BCUT2D eigenvalue weighted by Crippen LogP contribution is 2.38. The molecule has 2 amide bonds. The third kappa shape index (κ3) is 8.42. The number of pyridine rings is 1. The number of likely N-dealkylation sites (N-methyl/N-ethyl adjacent to an activating group) is 1. The van der Waals surface area contributed by atoms with Crippen LogP contribution in [0.3, 0.4) is 0 Å². The molecule has 1 fully saturated rings. The topological polar surface area (TPSA) is 180 Å². The molecule has 14 heteroatoms. The number of hydrogen-bond donors (Lipinski definition) is 3. The second kappa shape index (κ2) is 17.7. The molecule has 3 N–H and O–H groups in total. The van der Waals surface area contributed by atoms with Crippen molar-refractivity contribution in [1.29, 1.82) is 5.26 Å². The average molecular weight is 770 g/mol. The molecule has 3 aromatic rings. The number of carboxylic acids is 1. The SMILES string of the molecule is CCC(=O)C1(OCc2ccccc2)C(NC(=O)C(CC)n2cc(OC)c(-c3cc(Cl)ccc3C#N)cc2=O)=CC=C(C(=O)O)[C@@H]1NC(=O)[C@H]1CCCCN1C. The van der Waals surface area contributed by atoms with Crippen LogP contribution >= 0.6 is 11.6 Å². The van der Waals surface area contributed by atoms with E-state index >= 15 is 0 Å². The number of carbonyl (C=O) groups excluding carboxylic acids is 3. The largest absolute Gasteiger partial charge is 0.495 e. The number of hydrogen-bond acceptors (Lipinski definition) is 9. The van der Waals surface area contributed by atoms with E-state index in [0.717, 1.165) is 12.8 Å². The molecule has 0 spiro atoms. The number of ether oxygens (including phenoxy) is 2. The van der Waals surface area contributed by atoms with Gasteiger partial charge < -0.3 is 25.2 Å². The number of rotatable bonds is 14. The number of nitrogens with zero attached hydrogens (tertiary/aromatic N) is 3. The van der Waals surface area contributed by atoms with Crippen LogP contribution in [0.2, 0.25) is 5.02 Å². The number of carbonyl (C=O) groups is 4. The second-order valence-corrected chi connectivity index (χ2v) is 13.9. The third-order valence-corrected chi connectivity index (χ3v) is 10.4. The highest BCUT2D eigenvalue weighted by atomic mass is 35.5. The Balaban J connectivity index is 1.60. The van der Waals surface area contributed by atoms with E-state index in [9.17, 15) is 34.3 Å². The minimum Gasteiger partial charge on any atom is -0.495 e. The zero-order valence-electron chi connectivity index (χ0n) is 31.1. The van der Waals surface area contributed by atoms with Crippen molar-refractivity contribution in [3.8, 4) is 22.9 Å². The predicted octanol–water partition coefficient (Wildman–Crippen LogP) is 4.93. The molecule has 2 aliphatic rings. The van der Waals surface area contributed by atoms with Crippen molar-refractivity contribution in [2.24, 2.45) is 0 Å². The molecule has 4 atom stereocenters. The Morgan fingerprint density at radius 3 is 2.45 bits per heavy atom. The van der Waals surface area contributed by atoms with E-state index in [4.69, 9.17) is 21.1 Å². The summed E-state index contributed by atoms with van der Waals surface area (Å²) in [6.07, 6.45) is 6.09. The first-order valence-electron chi connectivity index (χ1n) is 18.1. The Morgan fingerprint density at radius 1 is 1.07 bits per heavy atom. The number of nitrogens with one attached hydrogen (secondary N) is 2. The molecule has 1 saturated heterocycles. The number of nitriles is 1. The first-order chi connectivity index (χ1) is 26.4. The molecular weight excluding hydrogens is 726 g/mol. The zero-order chi connectivity index (χ0) is 39.9. The van der Waals surface area contributed by atoms with Crippen LogP contribution in [0.4, 0.5) is 0 Å². The molecule has 0 bridgehead atoms. The van der Waals surface area contributed by atoms with E-state index in [1.54, 1.807) is 50.2 Å². The molecule has 288 valence electrons.